The van der Waals surface area contributed by atoms with Crippen LogP contribution in [-0.2, 0) is 11.8 Å². The zero-order valence-corrected chi connectivity index (χ0v) is 17.5. The van der Waals surface area contributed by atoms with Crippen LogP contribution in [0.15, 0.2) is 54.6 Å². The van der Waals surface area contributed by atoms with Gasteiger partial charge in [-0.2, -0.15) is 4.57 Å². The summed E-state index contributed by atoms with van der Waals surface area (Å²) in [6.07, 6.45) is 0. The number of nitro groups is 1. The summed E-state index contributed by atoms with van der Waals surface area (Å²) >= 11 is 0. The van der Waals surface area contributed by atoms with Gasteiger partial charge in [0.1, 0.15) is 11.1 Å². The highest BCUT2D eigenvalue weighted by atomic mass is 35.5. The molecule has 4 aromatic rings. The Bertz CT molecular complexity index is 1280. The van der Waals surface area contributed by atoms with Crippen molar-refractivity contribution in [2.45, 2.75) is 13.8 Å². The quantitative estimate of drug-likeness (QED) is 0.211. The van der Waals surface area contributed by atoms with Crippen molar-refractivity contribution in [2.75, 3.05) is 6.61 Å². The SMILES string of the molecule is CCOC(=O)c1cc2c(c3ccccc3n2C)[n+](-c2ccc([N+](=O)[O-])cc2)c1C.[Cl-]. The lowest BCUT2D eigenvalue weighted by Gasteiger charge is -2.08. The first-order valence-electron chi connectivity index (χ1n) is 9.28. The third-order valence-corrected chi connectivity index (χ3v) is 5.17. The number of rotatable bonds is 4. The van der Waals surface area contributed by atoms with E-state index < -0.39 is 10.9 Å². The fraction of sp³-hybridized carbons (Fsp3) is 0.182. The van der Waals surface area contributed by atoms with Crippen LogP contribution in [0.5, 0.6) is 0 Å². The second-order valence-corrected chi connectivity index (χ2v) is 6.78. The van der Waals surface area contributed by atoms with Crippen molar-refractivity contribution in [1.82, 2.24) is 4.57 Å². The van der Waals surface area contributed by atoms with Gasteiger partial charge in [-0.1, -0.05) is 12.1 Å². The van der Waals surface area contributed by atoms with E-state index in [-0.39, 0.29) is 24.7 Å². The largest absolute Gasteiger partial charge is 1.00 e. The number of fused-ring (bicyclic) bond motifs is 3. The fourth-order valence-electron chi connectivity index (χ4n) is 3.78. The highest BCUT2D eigenvalue weighted by molar-refractivity contribution is 6.06. The van der Waals surface area contributed by atoms with E-state index in [0.29, 0.717) is 11.3 Å². The maximum Gasteiger partial charge on any atom is 0.344 e. The van der Waals surface area contributed by atoms with Crippen molar-refractivity contribution in [3.8, 4) is 5.69 Å². The number of aryl methyl sites for hydroxylation is 1. The summed E-state index contributed by atoms with van der Waals surface area (Å²) in [6.45, 7) is 3.91. The molecule has 0 N–H and O–H groups in total. The molecule has 8 heteroatoms. The summed E-state index contributed by atoms with van der Waals surface area (Å²) in [5, 5.41) is 12.1. The Morgan fingerprint density at radius 1 is 1.13 bits per heavy atom. The van der Waals surface area contributed by atoms with Crippen LogP contribution in [0.25, 0.3) is 27.6 Å². The Kier molecular flexibility index (Phi) is 5.75. The number of carbonyl (C=O) groups excluding carboxylic acids is 1. The van der Waals surface area contributed by atoms with E-state index in [2.05, 4.69) is 0 Å². The van der Waals surface area contributed by atoms with E-state index in [1.54, 1.807) is 19.1 Å². The lowest BCUT2D eigenvalue weighted by Crippen LogP contribution is -3.00. The number of para-hydroxylation sites is 1. The Morgan fingerprint density at radius 2 is 1.80 bits per heavy atom. The van der Waals surface area contributed by atoms with Gasteiger partial charge in [-0.25, -0.2) is 4.79 Å². The van der Waals surface area contributed by atoms with Gasteiger partial charge in [0.05, 0.1) is 22.4 Å². The van der Waals surface area contributed by atoms with Crippen molar-refractivity contribution >= 4 is 33.6 Å². The zero-order valence-electron chi connectivity index (χ0n) is 16.8. The summed E-state index contributed by atoms with van der Waals surface area (Å²) in [4.78, 5) is 23.3. The van der Waals surface area contributed by atoms with E-state index in [0.717, 1.165) is 27.6 Å². The van der Waals surface area contributed by atoms with E-state index in [1.807, 2.05) is 53.4 Å². The Labute approximate surface area is 179 Å². The number of benzene rings is 2. The minimum absolute atomic E-state index is 0. The molecule has 0 amide bonds. The van der Waals surface area contributed by atoms with Crippen LogP contribution >= 0.6 is 0 Å². The maximum atomic E-state index is 12.6. The topological polar surface area (TPSA) is 78.2 Å². The number of nitrogens with zero attached hydrogens (tertiary/aromatic N) is 3. The predicted molar refractivity (Wildman–Crippen MR) is 109 cm³/mol. The Morgan fingerprint density at radius 3 is 2.43 bits per heavy atom. The van der Waals surface area contributed by atoms with Crippen LogP contribution in [0.2, 0.25) is 0 Å². The molecule has 2 heterocycles. The Hall–Kier alpha value is -3.45. The summed E-state index contributed by atoms with van der Waals surface area (Å²) in [5.74, 6) is -0.396. The molecule has 0 aliphatic rings. The molecule has 0 aliphatic carbocycles. The summed E-state index contributed by atoms with van der Waals surface area (Å²) in [7, 11) is 1.95. The summed E-state index contributed by atoms with van der Waals surface area (Å²) < 4.78 is 9.26. The number of carbonyl (C=O) groups is 1. The lowest BCUT2D eigenvalue weighted by atomic mass is 10.1. The van der Waals surface area contributed by atoms with Gasteiger partial charge in [-0.15, -0.1) is 0 Å². The first kappa shape index (κ1) is 21.3. The molecule has 2 aromatic carbocycles. The third kappa shape index (κ3) is 3.27. The molecule has 7 nitrogen and oxygen atoms in total. The molecule has 0 fully saturated rings. The number of ether oxygens (including phenoxy) is 1. The first-order valence-corrected chi connectivity index (χ1v) is 9.28. The standard InChI is InChI=1S/C22H20N3O4.ClH/c1-4-29-22(26)18-13-20-21(17-7-5-6-8-19(17)23(20)3)24(14(18)2)15-9-11-16(12-10-15)25(27)28;/h5-13H,4H2,1-3H3;1H/q+1;/p-1. The average molecular weight is 426 g/mol. The van der Waals surface area contributed by atoms with Gasteiger partial charge in [0, 0.05) is 38.2 Å². The van der Waals surface area contributed by atoms with Crippen LogP contribution in [0.3, 0.4) is 0 Å². The van der Waals surface area contributed by atoms with E-state index >= 15 is 0 Å². The summed E-state index contributed by atoms with van der Waals surface area (Å²) in [6, 6.07) is 16.2. The maximum absolute atomic E-state index is 12.6. The molecule has 4 rings (SSSR count). The molecule has 0 saturated carbocycles. The molecular weight excluding hydrogens is 406 g/mol. The van der Waals surface area contributed by atoms with Gasteiger partial charge in [-0.3, -0.25) is 10.1 Å². The van der Waals surface area contributed by atoms with Gasteiger partial charge >= 0.3 is 5.97 Å². The molecule has 0 atom stereocenters. The second kappa shape index (κ2) is 8.12. The zero-order chi connectivity index (χ0) is 20.7. The van der Waals surface area contributed by atoms with Crippen molar-refractivity contribution in [3.63, 3.8) is 0 Å². The first-order chi connectivity index (χ1) is 13.9. The fourth-order valence-corrected chi connectivity index (χ4v) is 3.78. The lowest BCUT2D eigenvalue weighted by molar-refractivity contribution is -0.573. The third-order valence-electron chi connectivity index (χ3n) is 5.17. The van der Waals surface area contributed by atoms with E-state index in [4.69, 9.17) is 4.74 Å². The highest BCUT2D eigenvalue weighted by Crippen LogP contribution is 2.29. The number of esters is 1. The van der Waals surface area contributed by atoms with E-state index in [9.17, 15) is 14.9 Å². The monoisotopic (exact) mass is 425 g/mol. The second-order valence-electron chi connectivity index (χ2n) is 6.78. The molecular formula is C22H20ClN3O4. The number of pyridine rings is 1. The van der Waals surface area contributed by atoms with Crippen molar-refractivity contribution < 1.29 is 31.4 Å². The molecule has 0 bridgehead atoms. The number of aromatic nitrogens is 2. The van der Waals surface area contributed by atoms with Crippen LogP contribution < -0.4 is 17.0 Å². The smallest absolute Gasteiger partial charge is 0.344 e. The van der Waals surface area contributed by atoms with Crippen LogP contribution in [0.1, 0.15) is 23.0 Å². The van der Waals surface area contributed by atoms with Crippen LogP contribution in [0, 0.1) is 17.0 Å². The number of nitro benzene ring substituents is 1. The molecule has 30 heavy (non-hydrogen) atoms. The van der Waals surface area contributed by atoms with Gasteiger partial charge in [0.25, 0.3) is 5.69 Å². The normalized spacial score (nSPS) is 10.8. The van der Waals surface area contributed by atoms with Crippen LogP contribution in [0.4, 0.5) is 5.69 Å². The van der Waals surface area contributed by atoms with Gasteiger partial charge < -0.3 is 21.7 Å². The van der Waals surface area contributed by atoms with Crippen LogP contribution in [-0.4, -0.2) is 22.1 Å². The minimum Gasteiger partial charge on any atom is -1.00 e. The van der Waals surface area contributed by atoms with Gasteiger partial charge in [0.15, 0.2) is 5.69 Å². The number of hydrogen-bond acceptors (Lipinski definition) is 4. The molecule has 0 unspecified atom stereocenters. The number of hydrogen-bond donors (Lipinski definition) is 0. The average Bonchev–Trinajstić information content (AvgIpc) is 3.00. The molecule has 0 aliphatic heterocycles. The molecule has 2 aromatic heterocycles. The molecule has 154 valence electrons. The van der Waals surface area contributed by atoms with Crippen molar-refractivity contribution in [1.29, 1.82) is 0 Å². The number of non-ortho nitro benzene ring substituents is 1. The van der Waals surface area contributed by atoms with E-state index in [1.165, 1.54) is 12.1 Å². The van der Waals surface area contributed by atoms with Crippen molar-refractivity contribution in [2.24, 2.45) is 7.05 Å². The van der Waals surface area contributed by atoms with Crippen molar-refractivity contribution in [3.05, 3.63) is 76.0 Å². The predicted octanol–water partition coefficient (Wildman–Crippen LogP) is 1.01. The van der Waals surface area contributed by atoms with Gasteiger partial charge in [0.2, 0.25) is 11.2 Å². The summed E-state index contributed by atoms with van der Waals surface area (Å²) in [5.41, 5.74) is 4.76. The minimum atomic E-state index is -0.427. The number of halogens is 1. The molecule has 0 saturated heterocycles. The Balaban J connectivity index is 0.00000256. The highest BCUT2D eigenvalue weighted by Gasteiger charge is 2.29. The molecule has 0 radical (unpaired) electrons. The molecule has 0 spiro atoms. The van der Waals surface area contributed by atoms with Gasteiger partial charge in [-0.05, 0) is 25.1 Å².